The number of amides is 1. The zero-order chi connectivity index (χ0) is 13.9. The van der Waals surface area contributed by atoms with Gasteiger partial charge in [0.2, 0.25) is 5.91 Å². The minimum absolute atomic E-state index is 0.300. The van der Waals surface area contributed by atoms with E-state index in [-0.39, 0.29) is 0 Å². The van der Waals surface area contributed by atoms with Crippen molar-refractivity contribution in [1.29, 1.82) is 0 Å². The Kier molecular flexibility index (Phi) is 3.90. The summed E-state index contributed by atoms with van der Waals surface area (Å²) in [6, 6.07) is 8.49. The topological polar surface area (TPSA) is 20.3 Å². The van der Waals surface area contributed by atoms with E-state index in [1.807, 2.05) is 4.90 Å². The Labute approximate surface area is 121 Å². The standard InChI is InChI=1S/C18H23NO/c1-2-3-4-5-8-14-11-12-17(20)19-13-15-9-6-7-10-16(15)18(14)19/h6-7,9-10H,2-5,8,11-13H2,1H3. The third kappa shape index (κ3) is 2.39. The Morgan fingerprint density at radius 1 is 1.10 bits per heavy atom. The maximum Gasteiger partial charge on any atom is 0.227 e. The van der Waals surface area contributed by atoms with Gasteiger partial charge in [0, 0.05) is 12.0 Å². The summed E-state index contributed by atoms with van der Waals surface area (Å²) in [7, 11) is 0. The monoisotopic (exact) mass is 269 g/mol. The van der Waals surface area contributed by atoms with E-state index in [1.165, 1.54) is 48.1 Å². The number of rotatable bonds is 5. The van der Waals surface area contributed by atoms with E-state index in [2.05, 4.69) is 31.2 Å². The second-order valence-electron chi connectivity index (χ2n) is 5.90. The minimum Gasteiger partial charge on any atom is -0.307 e. The fraction of sp³-hybridized carbons (Fsp3) is 0.500. The molecule has 0 aliphatic carbocycles. The molecule has 1 amide bonds. The van der Waals surface area contributed by atoms with Gasteiger partial charge in [-0.15, -0.1) is 0 Å². The molecule has 2 heterocycles. The summed E-state index contributed by atoms with van der Waals surface area (Å²) >= 11 is 0. The lowest BCUT2D eigenvalue weighted by Gasteiger charge is -2.27. The SMILES string of the molecule is CCCCCCC1=C2c3ccccc3CN2C(=O)CC1. The molecular weight excluding hydrogens is 246 g/mol. The fourth-order valence-electron chi connectivity index (χ4n) is 3.40. The number of hydrogen-bond acceptors (Lipinski definition) is 1. The summed E-state index contributed by atoms with van der Waals surface area (Å²) < 4.78 is 0. The highest BCUT2D eigenvalue weighted by Gasteiger charge is 2.33. The van der Waals surface area contributed by atoms with Gasteiger partial charge in [-0.25, -0.2) is 0 Å². The average Bonchev–Trinajstić information content (AvgIpc) is 2.86. The van der Waals surface area contributed by atoms with Gasteiger partial charge >= 0.3 is 0 Å². The zero-order valence-electron chi connectivity index (χ0n) is 12.3. The van der Waals surface area contributed by atoms with Crippen LogP contribution in [0.15, 0.2) is 29.8 Å². The van der Waals surface area contributed by atoms with Gasteiger partial charge in [-0.05, 0) is 30.4 Å². The second-order valence-corrected chi connectivity index (χ2v) is 5.90. The van der Waals surface area contributed by atoms with E-state index >= 15 is 0 Å². The van der Waals surface area contributed by atoms with Crippen LogP contribution in [0.1, 0.15) is 63.0 Å². The number of carbonyl (C=O) groups is 1. The largest absolute Gasteiger partial charge is 0.307 e. The van der Waals surface area contributed by atoms with Crippen molar-refractivity contribution in [2.24, 2.45) is 0 Å². The predicted molar refractivity (Wildman–Crippen MR) is 81.9 cm³/mol. The van der Waals surface area contributed by atoms with Gasteiger partial charge in [-0.1, -0.05) is 50.5 Å². The molecule has 2 aliphatic heterocycles. The summed E-state index contributed by atoms with van der Waals surface area (Å²) in [5.41, 5.74) is 5.36. The lowest BCUT2D eigenvalue weighted by atomic mass is 9.94. The highest BCUT2D eigenvalue weighted by atomic mass is 16.2. The molecule has 0 atom stereocenters. The molecule has 106 valence electrons. The molecule has 1 aromatic carbocycles. The van der Waals surface area contributed by atoms with E-state index in [1.54, 1.807) is 0 Å². The Bertz CT molecular complexity index is 544. The first kappa shape index (κ1) is 13.4. The lowest BCUT2D eigenvalue weighted by Crippen LogP contribution is -2.28. The smallest absolute Gasteiger partial charge is 0.227 e. The number of carbonyl (C=O) groups excluding carboxylic acids is 1. The molecule has 0 radical (unpaired) electrons. The molecule has 0 unspecified atom stereocenters. The molecule has 0 N–H and O–H groups in total. The van der Waals surface area contributed by atoms with Crippen LogP contribution in [0.25, 0.3) is 5.70 Å². The molecule has 0 spiro atoms. The Hall–Kier alpha value is -1.57. The first-order valence-electron chi connectivity index (χ1n) is 7.92. The van der Waals surface area contributed by atoms with Gasteiger partial charge < -0.3 is 4.90 Å². The van der Waals surface area contributed by atoms with Crippen molar-refractivity contribution in [2.45, 2.75) is 58.4 Å². The number of nitrogens with zero attached hydrogens (tertiary/aromatic N) is 1. The summed E-state index contributed by atoms with van der Waals surface area (Å²) in [6.07, 6.45) is 7.99. The van der Waals surface area contributed by atoms with Crippen LogP contribution in [0.5, 0.6) is 0 Å². The predicted octanol–water partition coefficient (Wildman–Crippen LogP) is 4.50. The van der Waals surface area contributed by atoms with Gasteiger partial charge in [0.25, 0.3) is 0 Å². The van der Waals surface area contributed by atoms with Crippen molar-refractivity contribution in [3.8, 4) is 0 Å². The molecule has 2 aliphatic rings. The summed E-state index contributed by atoms with van der Waals surface area (Å²) in [5, 5.41) is 0. The van der Waals surface area contributed by atoms with Crippen LogP contribution in [-0.2, 0) is 11.3 Å². The van der Waals surface area contributed by atoms with Crippen molar-refractivity contribution in [3.05, 3.63) is 41.0 Å². The Morgan fingerprint density at radius 2 is 1.95 bits per heavy atom. The van der Waals surface area contributed by atoms with Gasteiger partial charge in [0.05, 0.1) is 12.2 Å². The molecule has 3 rings (SSSR count). The molecule has 2 nitrogen and oxygen atoms in total. The third-order valence-corrected chi connectivity index (χ3v) is 4.48. The first-order valence-corrected chi connectivity index (χ1v) is 7.92. The lowest BCUT2D eigenvalue weighted by molar-refractivity contribution is -0.128. The van der Waals surface area contributed by atoms with E-state index in [9.17, 15) is 4.79 Å². The van der Waals surface area contributed by atoms with Gasteiger partial charge in [-0.2, -0.15) is 0 Å². The number of unbranched alkanes of at least 4 members (excludes halogenated alkanes) is 3. The average molecular weight is 269 g/mol. The van der Waals surface area contributed by atoms with E-state index in [4.69, 9.17) is 0 Å². The molecule has 0 aromatic heterocycles. The maximum atomic E-state index is 12.2. The zero-order valence-corrected chi connectivity index (χ0v) is 12.3. The highest BCUT2D eigenvalue weighted by Crippen LogP contribution is 2.41. The number of fused-ring (bicyclic) bond motifs is 3. The van der Waals surface area contributed by atoms with Crippen LogP contribution in [0.4, 0.5) is 0 Å². The molecule has 2 heteroatoms. The maximum absolute atomic E-state index is 12.2. The molecule has 20 heavy (non-hydrogen) atoms. The van der Waals surface area contributed by atoms with Crippen LogP contribution < -0.4 is 0 Å². The molecule has 0 fully saturated rings. The van der Waals surface area contributed by atoms with Crippen molar-refractivity contribution in [1.82, 2.24) is 4.90 Å². The second kappa shape index (κ2) is 5.82. The Balaban J connectivity index is 1.86. The highest BCUT2D eigenvalue weighted by molar-refractivity contribution is 5.93. The van der Waals surface area contributed by atoms with E-state index < -0.39 is 0 Å². The van der Waals surface area contributed by atoms with Crippen molar-refractivity contribution in [3.63, 3.8) is 0 Å². The van der Waals surface area contributed by atoms with E-state index in [0.717, 1.165) is 19.4 Å². The first-order chi connectivity index (χ1) is 9.81. The summed E-state index contributed by atoms with van der Waals surface area (Å²) in [6.45, 7) is 3.03. The van der Waals surface area contributed by atoms with Crippen LogP contribution in [0.3, 0.4) is 0 Å². The molecule has 0 saturated carbocycles. The third-order valence-electron chi connectivity index (χ3n) is 4.48. The van der Waals surface area contributed by atoms with Crippen LogP contribution in [0.2, 0.25) is 0 Å². The van der Waals surface area contributed by atoms with Gasteiger partial charge in [0.15, 0.2) is 0 Å². The van der Waals surface area contributed by atoms with Crippen molar-refractivity contribution >= 4 is 11.6 Å². The Morgan fingerprint density at radius 3 is 2.80 bits per heavy atom. The normalized spacial score (nSPS) is 17.4. The summed E-state index contributed by atoms with van der Waals surface area (Å²) in [4.78, 5) is 14.2. The number of benzene rings is 1. The van der Waals surface area contributed by atoms with E-state index in [0.29, 0.717) is 12.3 Å². The molecule has 0 saturated heterocycles. The molecule has 1 aromatic rings. The van der Waals surface area contributed by atoms with Crippen molar-refractivity contribution in [2.75, 3.05) is 0 Å². The van der Waals surface area contributed by atoms with Crippen LogP contribution in [-0.4, -0.2) is 10.8 Å². The fourth-order valence-corrected chi connectivity index (χ4v) is 3.40. The minimum atomic E-state index is 0.300. The molecule has 0 bridgehead atoms. The number of hydrogen-bond donors (Lipinski definition) is 0. The van der Waals surface area contributed by atoms with Crippen LogP contribution >= 0.6 is 0 Å². The summed E-state index contributed by atoms with van der Waals surface area (Å²) in [5.74, 6) is 0.300. The van der Waals surface area contributed by atoms with Gasteiger partial charge in [-0.3, -0.25) is 4.79 Å². The van der Waals surface area contributed by atoms with Crippen molar-refractivity contribution < 1.29 is 4.79 Å². The van der Waals surface area contributed by atoms with Gasteiger partial charge in [0.1, 0.15) is 0 Å². The molecular formula is C18H23NO. The quantitative estimate of drug-likeness (QED) is 0.720. The number of allylic oxidation sites excluding steroid dienone is 1. The van der Waals surface area contributed by atoms with Crippen LogP contribution in [0, 0.1) is 0 Å².